The van der Waals surface area contributed by atoms with Crippen LogP contribution in [-0.4, -0.2) is 12.4 Å². The number of nitrogens with zero attached hydrogens (tertiary/aromatic N) is 1. The van der Waals surface area contributed by atoms with Crippen molar-refractivity contribution >= 4 is 17.4 Å². The van der Waals surface area contributed by atoms with Crippen LogP contribution in [0.5, 0.6) is 0 Å². The van der Waals surface area contributed by atoms with Gasteiger partial charge in [-0.3, -0.25) is 4.99 Å². The molecule has 0 unspecified atom stereocenters. The van der Waals surface area contributed by atoms with E-state index in [1.807, 2.05) is 24.3 Å². The van der Waals surface area contributed by atoms with Gasteiger partial charge in [-0.25, -0.2) is 0 Å². The summed E-state index contributed by atoms with van der Waals surface area (Å²) in [5, 5.41) is 4.15. The molecule has 0 amide bonds. The van der Waals surface area contributed by atoms with Crippen LogP contribution >= 0.6 is 11.6 Å². The zero-order valence-corrected chi connectivity index (χ0v) is 9.43. The number of aliphatic imine (C=N–C) groups is 1. The van der Waals surface area contributed by atoms with E-state index in [1.54, 1.807) is 0 Å². The molecule has 1 aliphatic heterocycles. The summed E-state index contributed by atoms with van der Waals surface area (Å²) in [5.41, 5.74) is 1.24. The molecular formula is C12H15ClN2. The largest absolute Gasteiger partial charge is 0.370 e. The average molecular weight is 223 g/mol. The molecule has 1 aliphatic rings. The minimum Gasteiger partial charge on any atom is -0.370 e. The fourth-order valence-corrected chi connectivity index (χ4v) is 1.77. The topological polar surface area (TPSA) is 24.4 Å². The zero-order chi connectivity index (χ0) is 10.5. The van der Waals surface area contributed by atoms with E-state index in [2.05, 4.69) is 10.3 Å². The molecule has 0 saturated heterocycles. The van der Waals surface area contributed by atoms with Crippen molar-refractivity contribution < 1.29 is 0 Å². The van der Waals surface area contributed by atoms with E-state index >= 15 is 0 Å². The van der Waals surface area contributed by atoms with Crippen LogP contribution in [0, 0.1) is 0 Å². The van der Waals surface area contributed by atoms with E-state index in [4.69, 9.17) is 11.6 Å². The lowest BCUT2D eigenvalue weighted by atomic mass is 10.1. The Hall–Kier alpha value is -1.02. The van der Waals surface area contributed by atoms with Gasteiger partial charge in [0.15, 0.2) is 0 Å². The number of amidine groups is 1. The van der Waals surface area contributed by atoms with Gasteiger partial charge in [0.1, 0.15) is 0 Å². The maximum absolute atomic E-state index is 5.82. The Labute approximate surface area is 95.4 Å². The van der Waals surface area contributed by atoms with Gasteiger partial charge in [0, 0.05) is 24.5 Å². The average Bonchev–Trinajstić information content (AvgIpc) is 2.30. The van der Waals surface area contributed by atoms with Gasteiger partial charge in [-0.05, 0) is 30.5 Å². The first-order chi connectivity index (χ1) is 7.34. The maximum atomic E-state index is 5.82. The number of halogens is 1. The highest BCUT2D eigenvalue weighted by Gasteiger charge is 2.03. The Kier molecular flexibility index (Phi) is 3.62. The third-order valence-electron chi connectivity index (χ3n) is 2.53. The van der Waals surface area contributed by atoms with E-state index in [1.165, 1.54) is 18.4 Å². The summed E-state index contributed by atoms with van der Waals surface area (Å²) in [7, 11) is 0. The van der Waals surface area contributed by atoms with Crippen LogP contribution in [0.15, 0.2) is 29.3 Å². The molecule has 0 saturated carbocycles. The van der Waals surface area contributed by atoms with Crippen molar-refractivity contribution in [2.24, 2.45) is 4.99 Å². The predicted molar refractivity (Wildman–Crippen MR) is 64.4 cm³/mol. The second-order valence-corrected chi connectivity index (χ2v) is 4.20. The monoisotopic (exact) mass is 222 g/mol. The first-order valence-electron chi connectivity index (χ1n) is 5.36. The molecule has 1 aromatic carbocycles. The summed E-state index contributed by atoms with van der Waals surface area (Å²) in [6, 6.07) is 7.92. The van der Waals surface area contributed by atoms with Gasteiger partial charge in [-0.1, -0.05) is 23.7 Å². The number of benzene rings is 1. The van der Waals surface area contributed by atoms with Gasteiger partial charge >= 0.3 is 0 Å². The molecule has 15 heavy (non-hydrogen) atoms. The molecule has 1 N–H and O–H groups in total. The predicted octanol–water partition coefficient (Wildman–Crippen LogP) is 3.01. The van der Waals surface area contributed by atoms with Crippen molar-refractivity contribution in [3.8, 4) is 0 Å². The van der Waals surface area contributed by atoms with Gasteiger partial charge in [-0.15, -0.1) is 0 Å². The highest BCUT2D eigenvalue weighted by Crippen LogP contribution is 2.10. The Morgan fingerprint density at radius 2 is 2.00 bits per heavy atom. The van der Waals surface area contributed by atoms with E-state index in [-0.39, 0.29) is 0 Å². The molecule has 2 rings (SSSR count). The normalized spacial score (nSPS) is 15.9. The lowest BCUT2D eigenvalue weighted by Gasteiger charge is -2.13. The Balaban J connectivity index is 1.87. The van der Waals surface area contributed by atoms with Crippen molar-refractivity contribution in [1.29, 1.82) is 0 Å². The molecule has 0 bridgehead atoms. The second kappa shape index (κ2) is 5.17. The standard InChI is InChI=1S/C12H15ClN2/c13-11-6-4-10(5-7-11)9-15-12-3-1-2-8-14-12/h4-7H,1-3,8-9H2,(H,14,15). The van der Waals surface area contributed by atoms with Crippen LogP contribution in [0.2, 0.25) is 5.02 Å². The van der Waals surface area contributed by atoms with Crippen LogP contribution in [-0.2, 0) is 6.54 Å². The van der Waals surface area contributed by atoms with Gasteiger partial charge in [0.2, 0.25) is 0 Å². The molecule has 0 fully saturated rings. The molecular weight excluding hydrogens is 208 g/mol. The van der Waals surface area contributed by atoms with Crippen molar-refractivity contribution in [2.45, 2.75) is 25.8 Å². The lowest BCUT2D eigenvalue weighted by molar-refractivity contribution is 0.706. The molecule has 2 nitrogen and oxygen atoms in total. The molecule has 80 valence electrons. The minimum atomic E-state index is 0.786. The van der Waals surface area contributed by atoms with Crippen LogP contribution in [0.1, 0.15) is 24.8 Å². The highest BCUT2D eigenvalue weighted by molar-refractivity contribution is 6.30. The van der Waals surface area contributed by atoms with Crippen LogP contribution in [0.3, 0.4) is 0 Å². The van der Waals surface area contributed by atoms with Gasteiger partial charge < -0.3 is 5.32 Å². The third-order valence-corrected chi connectivity index (χ3v) is 2.79. The number of hydrogen-bond donors (Lipinski definition) is 1. The minimum absolute atomic E-state index is 0.786. The Bertz CT molecular complexity index is 343. The van der Waals surface area contributed by atoms with Crippen LogP contribution < -0.4 is 5.32 Å². The molecule has 0 aliphatic carbocycles. The summed E-state index contributed by atoms with van der Waals surface area (Å²) in [6.45, 7) is 1.82. The van der Waals surface area contributed by atoms with E-state index in [9.17, 15) is 0 Å². The van der Waals surface area contributed by atoms with Gasteiger partial charge in [0.25, 0.3) is 0 Å². The van der Waals surface area contributed by atoms with Crippen LogP contribution in [0.25, 0.3) is 0 Å². The van der Waals surface area contributed by atoms with Gasteiger partial charge in [-0.2, -0.15) is 0 Å². The van der Waals surface area contributed by atoms with E-state index in [0.29, 0.717) is 0 Å². The van der Waals surface area contributed by atoms with Crippen molar-refractivity contribution in [2.75, 3.05) is 6.54 Å². The lowest BCUT2D eigenvalue weighted by Crippen LogP contribution is -2.25. The summed E-state index contributed by atoms with van der Waals surface area (Å²) < 4.78 is 0. The molecule has 0 atom stereocenters. The first-order valence-corrected chi connectivity index (χ1v) is 5.74. The second-order valence-electron chi connectivity index (χ2n) is 3.77. The molecule has 3 heteroatoms. The molecule has 0 aromatic heterocycles. The maximum Gasteiger partial charge on any atom is 0.0965 e. The third kappa shape index (κ3) is 3.24. The van der Waals surface area contributed by atoms with Crippen molar-refractivity contribution in [1.82, 2.24) is 5.32 Å². The molecule has 0 spiro atoms. The Morgan fingerprint density at radius 3 is 2.67 bits per heavy atom. The highest BCUT2D eigenvalue weighted by atomic mass is 35.5. The van der Waals surface area contributed by atoms with Crippen LogP contribution in [0.4, 0.5) is 0 Å². The summed E-state index contributed by atoms with van der Waals surface area (Å²) in [6.07, 6.45) is 3.58. The van der Waals surface area contributed by atoms with Crippen molar-refractivity contribution in [3.63, 3.8) is 0 Å². The number of hydrogen-bond acceptors (Lipinski definition) is 2. The molecule has 1 aromatic rings. The molecule has 0 radical (unpaired) electrons. The number of nitrogens with one attached hydrogen (secondary N) is 1. The summed E-state index contributed by atoms with van der Waals surface area (Å²) in [4.78, 5) is 4.44. The fraction of sp³-hybridized carbons (Fsp3) is 0.417. The van der Waals surface area contributed by atoms with E-state index < -0.39 is 0 Å². The van der Waals surface area contributed by atoms with Crippen molar-refractivity contribution in [3.05, 3.63) is 34.9 Å². The number of rotatable bonds is 2. The fourth-order valence-electron chi connectivity index (χ4n) is 1.65. The smallest absolute Gasteiger partial charge is 0.0965 e. The summed E-state index contributed by atoms with van der Waals surface area (Å²) in [5.74, 6) is 1.15. The van der Waals surface area contributed by atoms with E-state index in [0.717, 1.165) is 30.4 Å². The first kappa shape index (κ1) is 10.5. The molecule has 1 heterocycles. The zero-order valence-electron chi connectivity index (χ0n) is 8.67. The quantitative estimate of drug-likeness (QED) is 0.818. The van der Waals surface area contributed by atoms with Gasteiger partial charge in [0.05, 0.1) is 5.84 Å². The summed E-state index contributed by atoms with van der Waals surface area (Å²) >= 11 is 5.82. The SMILES string of the molecule is Clc1ccc(CNC2=NCCCC2)cc1. The Morgan fingerprint density at radius 1 is 1.20 bits per heavy atom.